The van der Waals surface area contributed by atoms with Gasteiger partial charge >= 0.3 is 6.01 Å². The summed E-state index contributed by atoms with van der Waals surface area (Å²) in [6.07, 6.45) is 8.33. The number of hydrogen-bond acceptors (Lipinski definition) is 6. The van der Waals surface area contributed by atoms with Crippen molar-refractivity contribution in [1.29, 1.82) is 0 Å². The summed E-state index contributed by atoms with van der Waals surface area (Å²) in [5.74, 6) is 0.237. The maximum atomic E-state index is 12.6. The Kier molecular flexibility index (Phi) is 5.42. The Bertz CT molecular complexity index is 1070. The molecule has 4 rings (SSSR count). The summed E-state index contributed by atoms with van der Waals surface area (Å²) in [6, 6.07) is 5.66. The SMILES string of the molecule is Cc1ccc(C(=O)NC2CC2)cc1NC(=O)c1cnc(OCc2nccn2C)nc1. The highest BCUT2D eigenvalue weighted by Crippen LogP contribution is 2.22. The highest BCUT2D eigenvalue weighted by Gasteiger charge is 2.24. The predicted octanol–water partition coefficient (Wildman–Crippen LogP) is 2.24. The van der Waals surface area contributed by atoms with E-state index in [1.54, 1.807) is 18.3 Å². The van der Waals surface area contributed by atoms with Gasteiger partial charge in [-0.1, -0.05) is 6.07 Å². The van der Waals surface area contributed by atoms with Gasteiger partial charge in [-0.15, -0.1) is 0 Å². The van der Waals surface area contributed by atoms with Crippen LogP contribution in [0, 0.1) is 6.92 Å². The molecule has 2 aromatic heterocycles. The number of anilines is 1. The van der Waals surface area contributed by atoms with E-state index in [-0.39, 0.29) is 36.0 Å². The molecule has 0 bridgehead atoms. The standard InChI is InChI=1S/C21H22N6O3/c1-13-3-4-14(19(28)25-16-5-6-16)9-17(13)26-20(29)15-10-23-21(24-11-15)30-12-18-22-7-8-27(18)2/h3-4,7-11,16H,5-6,12H2,1-2H3,(H,25,28)(H,26,29). The zero-order valence-electron chi connectivity index (χ0n) is 16.8. The Morgan fingerprint density at radius 1 is 1.13 bits per heavy atom. The largest absolute Gasteiger partial charge is 0.455 e. The van der Waals surface area contributed by atoms with Gasteiger partial charge in [-0.2, -0.15) is 0 Å². The first-order chi connectivity index (χ1) is 14.5. The van der Waals surface area contributed by atoms with Crippen molar-refractivity contribution in [2.45, 2.75) is 32.4 Å². The number of benzene rings is 1. The van der Waals surface area contributed by atoms with E-state index in [9.17, 15) is 9.59 Å². The lowest BCUT2D eigenvalue weighted by Gasteiger charge is -2.11. The molecule has 0 atom stereocenters. The minimum absolute atomic E-state index is 0.134. The molecule has 2 amide bonds. The molecule has 30 heavy (non-hydrogen) atoms. The molecule has 3 aromatic rings. The van der Waals surface area contributed by atoms with Crippen molar-refractivity contribution < 1.29 is 14.3 Å². The summed E-state index contributed by atoms with van der Waals surface area (Å²) in [7, 11) is 1.87. The van der Waals surface area contributed by atoms with Gasteiger partial charge in [-0.05, 0) is 37.5 Å². The lowest BCUT2D eigenvalue weighted by Crippen LogP contribution is -2.25. The molecule has 0 radical (unpaired) electrons. The van der Waals surface area contributed by atoms with Crippen molar-refractivity contribution >= 4 is 17.5 Å². The van der Waals surface area contributed by atoms with Crippen molar-refractivity contribution in [1.82, 2.24) is 24.8 Å². The average molecular weight is 406 g/mol. The summed E-state index contributed by atoms with van der Waals surface area (Å²) in [5.41, 5.74) is 2.21. The van der Waals surface area contributed by atoms with Gasteiger partial charge in [-0.3, -0.25) is 9.59 Å². The fourth-order valence-electron chi connectivity index (χ4n) is 2.76. The maximum absolute atomic E-state index is 12.6. The molecule has 9 heteroatoms. The quantitative estimate of drug-likeness (QED) is 0.623. The minimum atomic E-state index is -0.367. The van der Waals surface area contributed by atoms with Crippen LogP contribution in [0.2, 0.25) is 0 Å². The van der Waals surface area contributed by atoms with Crippen molar-refractivity contribution in [3.63, 3.8) is 0 Å². The van der Waals surface area contributed by atoms with E-state index >= 15 is 0 Å². The highest BCUT2D eigenvalue weighted by atomic mass is 16.5. The zero-order valence-corrected chi connectivity index (χ0v) is 16.8. The molecule has 1 saturated carbocycles. The summed E-state index contributed by atoms with van der Waals surface area (Å²) in [6.45, 7) is 2.09. The number of nitrogens with zero attached hydrogens (tertiary/aromatic N) is 4. The Hall–Kier alpha value is -3.75. The fraction of sp³-hybridized carbons (Fsp3) is 0.286. The maximum Gasteiger partial charge on any atom is 0.316 e. The van der Waals surface area contributed by atoms with Gasteiger partial charge in [0.2, 0.25) is 0 Å². The van der Waals surface area contributed by atoms with E-state index in [2.05, 4.69) is 25.6 Å². The second-order valence-corrected chi connectivity index (χ2v) is 7.23. The number of amides is 2. The van der Waals surface area contributed by atoms with Crippen LogP contribution in [0.4, 0.5) is 5.69 Å². The number of aromatic nitrogens is 4. The first-order valence-electron chi connectivity index (χ1n) is 9.63. The van der Waals surface area contributed by atoms with E-state index in [1.165, 1.54) is 12.4 Å². The molecule has 0 unspecified atom stereocenters. The Labute approximate surface area is 173 Å². The number of carbonyl (C=O) groups is 2. The van der Waals surface area contributed by atoms with Crippen molar-refractivity contribution in [2.24, 2.45) is 7.05 Å². The van der Waals surface area contributed by atoms with Crippen LogP contribution in [-0.2, 0) is 13.7 Å². The molecule has 2 N–H and O–H groups in total. The Balaban J connectivity index is 1.39. The molecular formula is C21H22N6O3. The van der Waals surface area contributed by atoms with Gasteiger partial charge in [-0.25, -0.2) is 15.0 Å². The van der Waals surface area contributed by atoms with Crippen LogP contribution in [0.1, 0.15) is 44.9 Å². The zero-order chi connectivity index (χ0) is 21.1. The van der Waals surface area contributed by atoms with Crippen LogP contribution >= 0.6 is 0 Å². The second-order valence-electron chi connectivity index (χ2n) is 7.23. The van der Waals surface area contributed by atoms with Crippen molar-refractivity contribution in [3.05, 3.63) is 65.5 Å². The van der Waals surface area contributed by atoms with E-state index < -0.39 is 0 Å². The Morgan fingerprint density at radius 2 is 1.90 bits per heavy atom. The van der Waals surface area contributed by atoms with Crippen molar-refractivity contribution in [2.75, 3.05) is 5.32 Å². The monoisotopic (exact) mass is 406 g/mol. The molecule has 1 aliphatic carbocycles. The number of aryl methyl sites for hydroxylation is 2. The number of rotatable bonds is 7. The molecule has 9 nitrogen and oxygen atoms in total. The number of carbonyl (C=O) groups excluding carboxylic acids is 2. The molecule has 1 aromatic carbocycles. The molecule has 154 valence electrons. The fourth-order valence-corrected chi connectivity index (χ4v) is 2.76. The number of hydrogen-bond donors (Lipinski definition) is 2. The summed E-state index contributed by atoms with van der Waals surface area (Å²) < 4.78 is 7.34. The molecule has 0 saturated heterocycles. The van der Waals surface area contributed by atoms with Gasteiger partial charge in [0.25, 0.3) is 11.8 Å². The summed E-state index contributed by atoms with van der Waals surface area (Å²) >= 11 is 0. The Morgan fingerprint density at radius 3 is 2.57 bits per heavy atom. The molecule has 1 fully saturated rings. The first-order valence-corrected chi connectivity index (χ1v) is 9.63. The number of nitrogens with one attached hydrogen (secondary N) is 2. The van der Waals surface area contributed by atoms with Gasteiger partial charge < -0.3 is 19.9 Å². The summed E-state index contributed by atoms with van der Waals surface area (Å²) in [5, 5.41) is 5.76. The number of ether oxygens (including phenoxy) is 1. The summed E-state index contributed by atoms with van der Waals surface area (Å²) in [4.78, 5) is 37.2. The normalized spacial score (nSPS) is 13.0. The van der Waals surface area contributed by atoms with Crippen LogP contribution in [-0.4, -0.2) is 37.4 Å². The van der Waals surface area contributed by atoms with Gasteiger partial charge in [0.05, 0.1) is 5.56 Å². The van der Waals surface area contributed by atoms with E-state index in [4.69, 9.17) is 4.74 Å². The highest BCUT2D eigenvalue weighted by molar-refractivity contribution is 6.05. The predicted molar refractivity (Wildman–Crippen MR) is 109 cm³/mol. The third kappa shape index (κ3) is 4.62. The first kappa shape index (κ1) is 19.6. The van der Waals surface area contributed by atoms with Crippen LogP contribution in [0.5, 0.6) is 6.01 Å². The molecule has 1 aliphatic rings. The van der Waals surface area contributed by atoms with Crippen LogP contribution in [0.25, 0.3) is 0 Å². The smallest absolute Gasteiger partial charge is 0.316 e. The van der Waals surface area contributed by atoms with Gasteiger partial charge in [0, 0.05) is 49.1 Å². The van der Waals surface area contributed by atoms with Crippen LogP contribution < -0.4 is 15.4 Å². The topological polar surface area (TPSA) is 111 Å². The van der Waals surface area contributed by atoms with E-state index in [1.807, 2.05) is 30.8 Å². The van der Waals surface area contributed by atoms with Crippen LogP contribution in [0.3, 0.4) is 0 Å². The molecule has 2 heterocycles. The van der Waals surface area contributed by atoms with Gasteiger partial charge in [0.15, 0.2) is 0 Å². The third-order valence-corrected chi connectivity index (χ3v) is 4.80. The van der Waals surface area contributed by atoms with Crippen molar-refractivity contribution in [3.8, 4) is 6.01 Å². The van der Waals surface area contributed by atoms with Gasteiger partial charge in [0.1, 0.15) is 12.4 Å². The van der Waals surface area contributed by atoms with Crippen LogP contribution in [0.15, 0.2) is 43.0 Å². The lowest BCUT2D eigenvalue weighted by atomic mass is 10.1. The molecule has 0 spiro atoms. The average Bonchev–Trinajstić information content (AvgIpc) is 3.46. The lowest BCUT2D eigenvalue weighted by molar-refractivity contribution is 0.0949. The van der Waals surface area contributed by atoms with E-state index in [0.717, 1.165) is 24.2 Å². The minimum Gasteiger partial charge on any atom is -0.455 e. The second kappa shape index (κ2) is 8.32. The third-order valence-electron chi connectivity index (χ3n) is 4.80. The molecule has 0 aliphatic heterocycles. The number of imidazole rings is 1. The van der Waals surface area contributed by atoms with E-state index in [0.29, 0.717) is 11.3 Å². The molecular weight excluding hydrogens is 384 g/mol.